The summed E-state index contributed by atoms with van der Waals surface area (Å²) in [6, 6.07) is 78.5. The van der Waals surface area contributed by atoms with E-state index in [-0.39, 0.29) is 10.8 Å². The summed E-state index contributed by atoms with van der Waals surface area (Å²) in [7, 11) is 0. The third kappa shape index (κ3) is 6.00. The zero-order valence-corrected chi connectivity index (χ0v) is 37.5. The van der Waals surface area contributed by atoms with E-state index < -0.39 is 5.41 Å². The van der Waals surface area contributed by atoms with Crippen molar-refractivity contribution < 1.29 is 4.42 Å². The lowest BCUT2D eigenvalue weighted by Crippen LogP contribution is -2.33. The Morgan fingerprint density at radius 3 is 1.62 bits per heavy atom. The van der Waals surface area contributed by atoms with Crippen LogP contribution in [-0.4, -0.2) is 0 Å². The Bertz CT molecular complexity index is 3380. The van der Waals surface area contributed by atoms with Crippen molar-refractivity contribution in [2.45, 2.75) is 56.8 Å². The predicted molar refractivity (Wildman–Crippen MR) is 272 cm³/mol. The van der Waals surface area contributed by atoms with Crippen LogP contribution in [-0.2, 0) is 16.2 Å². The Kier molecular flexibility index (Phi) is 8.94. The quantitative estimate of drug-likeness (QED) is 0.159. The standard InChI is InChI=1S/C63H51NO/c1-61(2)37-38-62(3,4)54-41-58-50(40-53(54)61)60-56(33-20-34-57(60)65-58)64(55-32-19-30-47(42-21-9-5-10-22-42)59(55)43-23-11-6-12-24-43)46-35-36-49-48-29-17-18-31-51(48)63(52(49)39-46,44-25-13-7-14-26-44)45-27-15-8-16-28-45/h5-36,39-41H,37-38H2,1-4H3. The van der Waals surface area contributed by atoms with Gasteiger partial charge in [0.25, 0.3) is 0 Å². The molecule has 0 radical (unpaired) electrons. The molecule has 12 rings (SSSR count). The van der Waals surface area contributed by atoms with Crippen LogP contribution in [0.4, 0.5) is 17.1 Å². The number of rotatable bonds is 7. The molecule has 2 aliphatic carbocycles. The van der Waals surface area contributed by atoms with E-state index in [0.29, 0.717) is 0 Å². The van der Waals surface area contributed by atoms with E-state index >= 15 is 0 Å². The molecule has 0 amide bonds. The van der Waals surface area contributed by atoms with Gasteiger partial charge in [0.2, 0.25) is 0 Å². The second kappa shape index (κ2) is 14.8. The molecular weight excluding hydrogens is 787 g/mol. The van der Waals surface area contributed by atoms with Gasteiger partial charge in [0.15, 0.2) is 0 Å². The average Bonchev–Trinajstić information content (AvgIpc) is 3.87. The minimum absolute atomic E-state index is 0.0367. The largest absolute Gasteiger partial charge is 0.456 e. The minimum atomic E-state index is -0.559. The molecule has 10 aromatic rings. The molecule has 314 valence electrons. The Labute approximate surface area is 382 Å². The first kappa shape index (κ1) is 39.2. The Morgan fingerprint density at radius 1 is 0.400 bits per heavy atom. The molecule has 0 aliphatic heterocycles. The van der Waals surface area contributed by atoms with Gasteiger partial charge in [-0.25, -0.2) is 0 Å². The van der Waals surface area contributed by atoms with Crippen LogP contribution in [0.5, 0.6) is 0 Å². The second-order valence-electron chi connectivity index (χ2n) is 19.4. The van der Waals surface area contributed by atoms with Crippen molar-refractivity contribution in [2.75, 3.05) is 4.90 Å². The lowest BCUT2D eigenvalue weighted by atomic mass is 9.63. The van der Waals surface area contributed by atoms with E-state index in [2.05, 4.69) is 245 Å². The molecule has 2 nitrogen and oxygen atoms in total. The fourth-order valence-electron chi connectivity index (χ4n) is 11.5. The molecule has 0 unspecified atom stereocenters. The lowest BCUT2D eigenvalue weighted by Gasteiger charge is -2.41. The molecule has 0 bridgehead atoms. The molecule has 1 aromatic heterocycles. The number of nitrogens with zero attached hydrogens (tertiary/aromatic N) is 1. The number of fused-ring (bicyclic) bond motifs is 7. The van der Waals surface area contributed by atoms with Crippen molar-refractivity contribution in [3.8, 4) is 33.4 Å². The summed E-state index contributed by atoms with van der Waals surface area (Å²) < 4.78 is 6.99. The van der Waals surface area contributed by atoms with E-state index in [9.17, 15) is 0 Å². The number of benzene rings is 9. The summed E-state index contributed by atoms with van der Waals surface area (Å²) in [4.78, 5) is 2.53. The van der Waals surface area contributed by atoms with Gasteiger partial charge in [-0.1, -0.05) is 198 Å². The summed E-state index contributed by atoms with van der Waals surface area (Å²) >= 11 is 0. The summed E-state index contributed by atoms with van der Waals surface area (Å²) in [5, 5.41) is 2.27. The van der Waals surface area contributed by atoms with Crippen LogP contribution in [0.2, 0.25) is 0 Å². The van der Waals surface area contributed by atoms with Crippen molar-refractivity contribution in [1.82, 2.24) is 0 Å². The van der Waals surface area contributed by atoms with Gasteiger partial charge in [0, 0.05) is 16.6 Å². The molecule has 0 saturated carbocycles. The molecule has 2 aliphatic rings. The van der Waals surface area contributed by atoms with Crippen LogP contribution in [0, 0.1) is 0 Å². The Hall–Kier alpha value is -7.42. The minimum Gasteiger partial charge on any atom is -0.456 e. The molecule has 0 N–H and O–H groups in total. The highest BCUT2D eigenvalue weighted by molar-refractivity contribution is 6.15. The fraction of sp³-hybridized carbons (Fsp3) is 0.143. The van der Waals surface area contributed by atoms with Crippen molar-refractivity contribution >= 4 is 39.0 Å². The van der Waals surface area contributed by atoms with Crippen LogP contribution < -0.4 is 4.90 Å². The number of furan rings is 1. The van der Waals surface area contributed by atoms with E-state index in [1.165, 1.54) is 61.2 Å². The maximum Gasteiger partial charge on any atom is 0.137 e. The monoisotopic (exact) mass is 837 g/mol. The van der Waals surface area contributed by atoms with Gasteiger partial charge in [0.05, 0.1) is 22.2 Å². The summed E-state index contributed by atoms with van der Waals surface area (Å²) in [6.45, 7) is 9.62. The van der Waals surface area contributed by atoms with Crippen molar-refractivity contribution in [1.29, 1.82) is 0 Å². The van der Waals surface area contributed by atoms with Crippen LogP contribution >= 0.6 is 0 Å². The van der Waals surface area contributed by atoms with Gasteiger partial charge in [-0.3, -0.25) is 0 Å². The zero-order valence-electron chi connectivity index (χ0n) is 37.5. The number of hydrogen-bond donors (Lipinski definition) is 0. The zero-order chi connectivity index (χ0) is 43.9. The van der Waals surface area contributed by atoms with Gasteiger partial charge in [-0.05, 0) is 127 Å². The van der Waals surface area contributed by atoms with Crippen LogP contribution in [0.3, 0.4) is 0 Å². The van der Waals surface area contributed by atoms with Crippen molar-refractivity contribution in [3.05, 3.63) is 246 Å². The smallest absolute Gasteiger partial charge is 0.137 e. The third-order valence-electron chi connectivity index (χ3n) is 14.8. The summed E-state index contributed by atoms with van der Waals surface area (Å²) in [5.41, 5.74) is 19.7. The molecule has 1 heterocycles. The van der Waals surface area contributed by atoms with Gasteiger partial charge in [0.1, 0.15) is 11.2 Å². The molecule has 65 heavy (non-hydrogen) atoms. The highest BCUT2D eigenvalue weighted by Crippen LogP contribution is 2.58. The average molecular weight is 838 g/mol. The Morgan fingerprint density at radius 2 is 0.938 bits per heavy atom. The van der Waals surface area contributed by atoms with E-state index in [1.54, 1.807) is 0 Å². The van der Waals surface area contributed by atoms with E-state index in [4.69, 9.17) is 4.42 Å². The Balaban J connectivity index is 1.21. The predicted octanol–water partition coefficient (Wildman–Crippen LogP) is 17.1. The van der Waals surface area contributed by atoms with Crippen LogP contribution in [0.15, 0.2) is 217 Å². The van der Waals surface area contributed by atoms with Crippen LogP contribution in [0.25, 0.3) is 55.3 Å². The van der Waals surface area contributed by atoms with Crippen molar-refractivity contribution in [2.24, 2.45) is 0 Å². The first-order valence-corrected chi connectivity index (χ1v) is 23.1. The normalized spacial score (nSPS) is 15.3. The first-order chi connectivity index (χ1) is 31.7. The van der Waals surface area contributed by atoms with Gasteiger partial charge >= 0.3 is 0 Å². The molecular formula is C63H51NO. The maximum absolute atomic E-state index is 6.99. The van der Waals surface area contributed by atoms with E-state index in [0.717, 1.165) is 57.4 Å². The number of anilines is 3. The van der Waals surface area contributed by atoms with Crippen molar-refractivity contribution in [3.63, 3.8) is 0 Å². The van der Waals surface area contributed by atoms with E-state index in [1.807, 2.05) is 0 Å². The van der Waals surface area contributed by atoms with Gasteiger partial charge in [-0.2, -0.15) is 0 Å². The third-order valence-corrected chi connectivity index (χ3v) is 14.8. The SMILES string of the molecule is CC1(C)CCC(C)(C)c2cc3c(cc21)oc1cccc(N(c2ccc4c(c2)C(c2ccccc2)(c2ccccc2)c2ccccc2-4)c2cccc(-c4ccccc4)c2-c2ccccc2)c13. The van der Waals surface area contributed by atoms with Crippen LogP contribution in [0.1, 0.15) is 73.9 Å². The second-order valence-corrected chi connectivity index (χ2v) is 19.4. The molecule has 2 heteroatoms. The molecule has 0 fully saturated rings. The first-order valence-electron chi connectivity index (χ1n) is 23.1. The highest BCUT2D eigenvalue weighted by atomic mass is 16.3. The van der Waals surface area contributed by atoms with Gasteiger partial charge in [-0.15, -0.1) is 0 Å². The fourth-order valence-corrected chi connectivity index (χ4v) is 11.5. The topological polar surface area (TPSA) is 16.4 Å². The molecule has 9 aromatic carbocycles. The molecule has 0 saturated heterocycles. The summed E-state index contributed by atoms with van der Waals surface area (Å²) in [6.07, 6.45) is 2.29. The summed E-state index contributed by atoms with van der Waals surface area (Å²) in [5.74, 6) is 0. The molecule has 0 spiro atoms. The number of hydrogen-bond acceptors (Lipinski definition) is 2. The lowest BCUT2D eigenvalue weighted by molar-refractivity contribution is 0.332. The highest BCUT2D eigenvalue weighted by Gasteiger charge is 2.46. The molecule has 0 atom stereocenters. The maximum atomic E-state index is 6.99. The van der Waals surface area contributed by atoms with Gasteiger partial charge < -0.3 is 9.32 Å².